The third kappa shape index (κ3) is 3.40. The molecule has 2 fully saturated rings. The molecule has 0 aliphatic carbocycles. The highest BCUT2D eigenvalue weighted by Crippen LogP contribution is 2.22. The number of carbonyl (C=O) groups excluding carboxylic acids is 1. The van der Waals surface area contributed by atoms with Gasteiger partial charge in [0.2, 0.25) is 12.5 Å². The highest BCUT2D eigenvalue weighted by atomic mass is 16.8. The number of epoxide rings is 2. The van der Waals surface area contributed by atoms with Gasteiger partial charge in [0.15, 0.2) is 0 Å². The van der Waals surface area contributed by atoms with Crippen LogP contribution in [0.15, 0.2) is 10.2 Å². The second kappa shape index (κ2) is 5.43. The average molecular weight is 256 g/mol. The van der Waals surface area contributed by atoms with E-state index >= 15 is 0 Å². The molecule has 0 bridgehead atoms. The predicted molar refractivity (Wildman–Crippen MR) is 52.9 cm³/mol. The Morgan fingerprint density at radius 1 is 1.11 bits per heavy atom. The molecule has 0 saturated carbocycles. The molecule has 11 heteroatoms. The monoisotopic (exact) mass is 256 g/mol. The van der Waals surface area contributed by atoms with E-state index in [1.807, 2.05) is 0 Å². The van der Waals surface area contributed by atoms with Crippen LogP contribution in [0.4, 0.5) is 4.79 Å². The molecule has 0 spiro atoms. The van der Waals surface area contributed by atoms with Crippen LogP contribution < -0.4 is 0 Å². The molecule has 4 unspecified atom stereocenters. The van der Waals surface area contributed by atoms with E-state index in [1.54, 1.807) is 0 Å². The minimum Gasteiger partial charge on any atom is -0.422 e. The molecule has 0 aromatic rings. The van der Waals surface area contributed by atoms with Crippen molar-refractivity contribution in [3.63, 3.8) is 0 Å². The van der Waals surface area contributed by atoms with Gasteiger partial charge in [0.25, 0.3) is 0 Å². The SMILES string of the molecule is [N-]=[N+]=NC(OC(=O)OC(N=[N+]=[N-])C1CO1)C1CO1. The molecule has 18 heavy (non-hydrogen) atoms. The van der Waals surface area contributed by atoms with Crippen molar-refractivity contribution in [1.82, 2.24) is 0 Å². The first-order valence-corrected chi connectivity index (χ1v) is 4.93. The van der Waals surface area contributed by atoms with Crippen LogP contribution >= 0.6 is 0 Å². The highest BCUT2D eigenvalue weighted by Gasteiger charge is 2.39. The van der Waals surface area contributed by atoms with E-state index < -0.39 is 30.8 Å². The van der Waals surface area contributed by atoms with Gasteiger partial charge in [-0.2, -0.15) is 0 Å². The molecule has 2 rings (SSSR count). The van der Waals surface area contributed by atoms with E-state index in [4.69, 9.17) is 30.0 Å². The minimum absolute atomic E-state index is 0.336. The van der Waals surface area contributed by atoms with Crippen LogP contribution in [0.1, 0.15) is 0 Å². The van der Waals surface area contributed by atoms with Crippen LogP contribution in [0, 0.1) is 0 Å². The van der Waals surface area contributed by atoms with Gasteiger partial charge in [-0.25, -0.2) is 4.79 Å². The lowest BCUT2D eigenvalue weighted by molar-refractivity contribution is -0.0116. The molecule has 0 amide bonds. The Kier molecular flexibility index (Phi) is 3.70. The van der Waals surface area contributed by atoms with Crippen LogP contribution in [0.3, 0.4) is 0 Å². The lowest BCUT2D eigenvalue weighted by Crippen LogP contribution is -2.27. The molecule has 11 nitrogen and oxygen atoms in total. The average Bonchev–Trinajstić information content (AvgIpc) is 3.17. The topological polar surface area (TPSA) is 158 Å². The molecule has 0 aromatic carbocycles. The van der Waals surface area contributed by atoms with Crippen molar-refractivity contribution in [3.05, 3.63) is 20.9 Å². The fourth-order valence-corrected chi connectivity index (χ4v) is 1.11. The van der Waals surface area contributed by atoms with Crippen molar-refractivity contribution < 1.29 is 23.7 Å². The Balaban J connectivity index is 1.85. The Morgan fingerprint density at radius 2 is 1.50 bits per heavy atom. The van der Waals surface area contributed by atoms with E-state index in [-0.39, 0.29) is 0 Å². The van der Waals surface area contributed by atoms with E-state index in [9.17, 15) is 4.79 Å². The summed E-state index contributed by atoms with van der Waals surface area (Å²) in [6.45, 7) is 0.672. The lowest BCUT2D eigenvalue weighted by Gasteiger charge is -2.13. The Morgan fingerprint density at radius 3 is 1.78 bits per heavy atom. The zero-order valence-corrected chi connectivity index (χ0v) is 8.95. The van der Waals surface area contributed by atoms with Gasteiger partial charge >= 0.3 is 6.16 Å². The zero-order valence-electron chi connectivity index (χ0n) is 8.95. The molecule has 4 atom stereocenters. The first kappa shape index (κ1) is 12.3. The molecule has 2 aliphatic heterocycles. The number of hydrogen-bond acceptors (Lipinski definition) is 7. The van der Waals surface area contributed by atoms with Crippen molar-refractivity contribution in [2.45, 2.75) is 24.7 Å². The summed E-state index contributed by atoms with van der Waals surface area (Å²) >= 11 is 0. The number of azide groups is 2. The van der Waals surface area contributed by atoms with Crippen LogP contribution in [0.2, 0.25) is 0 Å². The van der Waals surface area contributed by atoms with Gasteiger partial charge in [-0.1, -0.05) is 0 Å². The maximum Gasteiger partial charge on any atom is 0.509 e. The predicted octanol–water partition coefficient (Wildman–Crippen LogP) is 1.21. The molecule has 0 radical (unpaired) electrons. The smallest absolute Gasteiger partial charge is 0.422 e. The molecule has 0 aromatic heterocycles. The van der Waals surface area contributed by atoms with Crippen LogP contribution in [-0.2, 0) is 18.9 Å². The van der Waals surface area contributed by atoms with Gasteiger partial charge in [0.05, 0.1) is 13.2 Å². The van der Waals surface area contributed by atoms with Crippen molar-refractivity contribution >= 4 is 6.16 Å². The number of hydrogen-bond donors (Lipinski definition) is 0. The van der Waals surface area contributed by atoms with E-state index in [2.05, 4.69) is 20.1 Å². The van der Waals surface area contributed by atoms with Crippen molar-refractivity contribution in [2.24, 2.45) is 10.2 Å². The third-order valence-corrected chi connectivity index (χ3v) is 2.12. The number of ether oxygens (including phenoxy) is 4. The zero-order chi connectivity index (χ0) is 13.0. The second-order valence-electron chi connectivity index (χ2n) is 3.42. The molecular weight excluding hydrogens is 248 g/mol. The van der Waals surface area contributed by atoms with Crippen molar-refractivity contribution in [2.75, 3.05) is 13.2 Å². The summed E-state index contributed by atoms with van der Waals surface area (Å²) in [5.41, 5.74) is 16.5. The van der Waals surface area contributed by atoms with Gasteiger partial charge in [-0.05, 0) is 21.3 Å². The van der Waals surface area contributed by atoms with Gasteiger partial charge in [-0.3, -0.25) is 0 Å². The van der Waals surface area contributed by atoms with Gasteiger partial charge < -0.3 is 18.9 Å². The van der Waals surface area contributed by atoms with Crippen LogP contribution in [0.5, 0.6) is 0 Å². The van der Waals surface area contributed by atoms with E-state index in [0.717, 1.165) is 0 Å². The molecular formula is C7H8N6O5. The van der Waals surface area contributed by atoms with Crippen molar-refractivity contribution in [1.29, 1.82) is 0 Å². The highest BCUT2D eigenvalue weighted by molar-refractivity contribution is 5.60. The summed E-state index contributed by atoms with van der Waals surface area (Å²) in [7, 11) is 0. The first-order chi connectivity index (χ1) is 8.74. The molecule has 2 aliphatic rings. The van der Waals surface area contributed by atoms with Gasteiger partial charge in [0, 0.05) is 9.82 Å². The standard InChI is InChI=1S/C7H8N6O5/c8-12-10-5(3-1-15-3)17-7(14)18-6(11-13-9)4-2-16-4/h3-6H,1-2H2. The molecule has 2 saturated heterocycles. The normalized spacial score (nSPS) is 26.9. The molecule has 0 N–H and O–H groups in total. The quantitative estimate of drug-likeness (QED) is 0.229. The molecule has 2 heterocycles. The van der Waals surface area contributed by atoms with Gasteiger partial charge in [-0.15, -0.1) is 0 Å². The Labute approximate surface area is 99.8 Å². The van der Waals surface area contributed by atoms with E-state index in [0.29, 0.717) is 13.2 Å². The maximum absolute atomic E-state index is 11.4. The van der Waals surface area contributed by atoms with Gasteiger partial charge in [0.1, 0.15) is 12.2 Å². The van der Waals surface area contributed by atoms with E-state index in [1.165, 1.54) is 0 Å². The molecule has 96 valence electrons. The maximum atomic E-state index is 11.4. The Bertz CT molecular complexity index is 384. The van der Waals surface area contributed by atoms with Crippen LogP contribution in [-0.4, -0.2) is 44.0 Å². The number of carbonyl (C=O) groups is 1. The fourth-order valence-electron chi connectivity index (χ4n) is 1.11. The summed E-state index contributed by atoms with van der Waals surface area (Å²) in [6, 6.07) is 0. The van der Waals surface area contributed by atoms with Crippen molar-refractivity contribution in [3.8, 4) is 0 Å². The number of nitrogens with zero attached hydrogens (tertiary/aromatic N) is 6. The van der Waals surface area contributed by atoms with Crippen LogP contribution in [0.25, 0.3) is 20.9 Å². The summed E-state index contributed by atoms with van der Waals surface area (Å²) < 4.78 is 19.1. The lowest BCUT2D eigenvalue weighted by atomic mass is 10.4. The summed E-state index contributed by atoms with van der Waals surface area (Å²) in [5.74, 6) is 0. The largest absolute Gasteiger partial charge is 0.509 e. The summed E-state index contributed by atoms with van der Waals surface area (Å²) in [5, 5.41) is 6.48. The minimum atomic E-state index is -1.11. The first-order valence-electron chi connectivity index (χ1n) is 4.93. The Hall–Kier alpha value is -2.19. The summed E-state index contributed by atoms with van der Waals surface area (Å²) in [6.07, 6.45) is -4.20. The summed E-state index contributed by atoms with van der Waals surface area (Å²) in [4.78, 5) is 16.4. The fraction of sp³-hybridized carbons (Fsp3) is 0.857. The number of rotatable bonds is 6. The second-order valence-corrected chi connectivity index (χ2v) is 3.42. The third-order valence-electron chi connectivity index (χ3n) is 2.12.